The van der Waals surface area contributed by atoms with Crippen LogP contribution in [-0.4, -0.2) is 50.0 Å². The highest BCUT2D eigenvalue weighted by molar-refractivity contribution is 5.92. The van der Waals surface area contributed by atoms with E-state index in [1.54, 1.807) is 4.68 Å². The smallest absolute Gasteiger partial charge is 0.274 e. The average Bonchev–Trinajstić information content (AvgIpc) is 3.31. The molecule has 0 radical (unpaired) electrons. The quantitative estimate of drug-likeness (QED) is 0.925. The fourth-order valence-electron chi connectivity index (χ4n) is 4.00. The van der Waals surface area contributed by atoms with Crippen LogP contribution in [0.15, 0.2) is 24.7 Å². The second-order valence-corrected chi connectivity index (χ2v) is 7.14. The molecule has 2 aliphatic heterocycles. The van der Waals surface area contributed by atoms with Gasteiger partial charge >= 0.3 is 0 Å². The van der Waals surface area contributed by atoms with Crippen molar-refractivity contribution in [3.8, 4) is 0 Å². The molecule has 2 aromatic rings. The molecular formula is C18H26N6O. The highest BCUT2D eigenvalue weighted by Gasteiger charge is 2.31. The van der Waals surface area contributed by atoms with Crippen LogP contribution in [0.2, 0.25) is 0 Å². The van der Waals surface area contributed by atoms with Gasteiger partial charge < -0.3 is 10.2 Å². The lowest BCUT2D eigenvalue weighted by Crippen LogP contribution is -2.38. The zero-order chi connectivity index (χ0) is 17.2. The molecule has 4 rings (SSSR count). The maximum absolute atomic E-state index is 13.1. The molecule has 0 aliphatic carbocycles. The summed E-state index contributed by atoms with van der Waals surface area (Å²) in [6, 6.07) is 2.33. The summed E-state index contributed by atoms with van der Waals surface area (Å²) in [6.07, 6.45) is 11.3. The molecule has 4 heterocycles. The second-order valence-electron chi connectivity index (χ2n) is 7.14. The molecule has 1 amide bonds. The molecule has 0 saturated carbocycles. The SMILES string of the molecule is Cn1cc(C2CCCCN2C(=O)c2ccn(C3CCCNC3)n2)cn1. The molecule has 2 unspecified atom stereocenters. The molecule has 7 heteroatoms. The number of aromatic nitrogens is 4. The van der Waals surface area contributed by atoms with Crippen LogP contribution in [0, 0.1) is 0 Å². The van der Waals surface area contributed by atoms with Crippen molar-refractivity contribution in [3.05, 3.63) is 35.9 Å². The summed E-state index contributed by atoms with van der Waals surface area (Å²) < 4.78 is 3.76. The predicted octanol–water partition coefficient (Wildman–Crippen LogP) is 1.91. The van der Waals surface area contributed by atoms with Crippen molar-refractivity contribution in [2.24, 2.45) is 7.05 Å². The Balaban J connectivity index is 1.53. The summed E-state index contributed by atoms with van der Waals surface area (Å²) in [5.41, 5.74) is 1.67. The fourth-order valence-corrected chi connectivity index (χ4v) is 4.00. The molecule has 0 aromatic carbocycles. The van der Waals surface area contributed by atoms with Gasteiger partial charge in [0.1, 0.15) is 5.69 Å². The summed E-state index contributed by atoms with van der Waals surface area (Å²) >= 11 is 0. The Morgan fingerprint density at radius 2 is 2.20 bits per heavy atom. The van der Waals surface area contributed by atoms with Crippen LogP contribution in [0.25, 0.3) is 0 Å². The van der Waals surface area contributed by atoms with Crippen LogP contribution in [0.5, 0.6) is 0 Å². The van der Waals surface area contributed by atoms with Crippen LogP contribution in [-0.2, 0) is 7.05 Å². The number of hydrogen-bond acceptors (Lipinski definition) is 4. The number of nitrogens with zero attached hydrogens (tertiary/aromatic N) is 5. The van der Waals surface area contributed by atoms with Gasteiger partial charge in [-0.2, -0.15) is 10.2 Å². The molecule has 2 saturated heterocycles. The predicted molar refractivity (Wildman–Crippen MR) is 94.2 cm³/mol. The minimum Gasteiger partial charge on any atom is -0.330 e. The second kappa shape index (κ2) is 7.00. The van der Waals surface area contributed by atoms with Gasteiger partial charge in [0, 0.05) is 38.1 Å². The normalized spacial score (nSPS) is 24.4. The van der Waals surface area contributed by atoms with E-state index >= 15 is 0 Å². The zero-order valence-electron chi connectivity index (χ0n) is 14.8. The van der Waals surface area contributed by atoms with Gasteiger partial charge in [-0.1, -0.05) is 0 Å². The highest BCUT2D eigenvalue weighted by Crippen LogP contribution is 2.31. The van der Waals surface area contributed by atoms with Crippen molar-refractivity contribution in [3.63, 3.8) is 0 Å². The number of carbonyl (C=O) groups excluding carboxylic acids is 1. The minimum atomic E-state index is 0.0380. The van der Waals surface area contributed by atoms with E-state index in [-0.39, 0.29) is 11.9 Å². The lowest BCUT2D eigenvalue weighted by atomic mass is 9.97. The van der Waals surface area contributed by atoms with Gasteiger partial charge in [-0.15, -0.1) is 0 Å². The molecule has 1 N–H and O–H groups in total. The number of nitrogens with one attached hydrogen (secondary N) is 1. The summed E-state index contributed by atoms with van der Waals surface area (Å²) in [5.74, 6) is 0.0380. The van der Waals surface area contributed by atoms with Gasteiger partial charge in [0.15, 0.2) is 0 Å². The van der Waals surface area contributed by atoms with E-state index in [0.29, 0.717) is 11.7 Å². The monoisotopic (exact) mass is 342 g/mol. The fraction of sp³-hybridized carbons (Fsp3) is 0.611. The number of rotatable bonds is 3. The Labute approximate surface area is 148 Å². The Kier molecular flexibility index (Phi) is 4.57. The minimum absolute atomic E-state index is 0.0380. The van der Waals surface area contributed by atoms with E-state index in [4.69, 9.17) is 0 Å². The maximum Gasteiger partial charge on any atom is 0.274 e. The van der Waals surface area contributed by atoms with Gasteiger partial charge in [0.05, 0.1) is 18.3 Å². The van der Waals surface area contributed by atoms with Gasteiger partial charge in [-0.05, 0) is 44.7 Å². The van der Waals surface area contributed by atoms with Gasteiger partial charge in [0.2, 0.25) is 0 Å². The summed E-state index contributed by atoms with van der Waals surface area (Å²) in [4.78, 5) is 15.1. The number of amides is 1. The summed E-state index contributed by atoms with van der Waals surface area (Å²) in [7, 11) is 1.92. The van der Waals surface area contributed by atoms with E-state index in [9.17, 15) is 4.79 Å². The van der Waals surface area contributed by atoms with Crippen molar-refractivity contribution in [2.75, 3.05) is 19.6 Å². The Bertz CT molecular complexity index is 730. The lowest BCUT2D eigenvalue weighted by molar-refractivity contribution is 0.0604. The standard InChI is InChI=1S/C18H26N6O/c1-22-13-14(11-20-22)17-6-2-3-9-23(17)18(25)16-7-10-24(21-16)15-5-4-8-19-12-15/h7,10-11,13,15,17,19H,2-6,8-9,12H2,1H3. The molecule has 2 aliphatic rings. The molecular weight excluding hydrogens is 316 g/mol. The van der Waals surface area contributed by atoms with E-state index in [1.165, 1.54) is 0 Å². The van der Waals surface area contributed by atoms with Crippen LogP contribution >= 0.6 is 0 Å². The number of piperidine rings is 2. The molecule has 2 aromatic heterocycles. The molecule has 0 bridgehead atoms. The summed E-state index contributed by atoms with van der Waals surface area (Å²) in [5, 5.41) is 12.3. The number of carbonyl (C=O) groups is 1. The van der Waals surface area contributed by atoms with Crippen molar-refractivity contribution < 1.29 is 4.79 Å². The number of hydrogen-bond donors (Lipinski definition) is 1. The van der Waals surface area contributed by atoms with E-state index in [1.807, 2.05) is 41.3 Å². The summed E-state index contributed by atoms with van der Waals surface area (Å²) in [6.45, 7) is 2.79. The molecule has 0 spiro atoms. The average molecular weight is 342 g/mol. The van der Waals surface area contributed by atoms with Crippen molar-refractivity contribution in [1.29, 1.82) is 0 Å². The third kappa shape index (κ3) is 3.33. The molecule has 134 valence electrons. The van der Waals surface area contributed by atoms with Gasteiger partial charge in [-0.3, -0.25) is 14.2 Å². The first-order valence-electron chi connectivity index (χ1n) is 9.28. The van der Waals surface area contributed by atoms with Crippen LogP contribution in [0.4, 0.5) is 0 Å². The third-order valence-corrected chi connectivity index (χ3v) is 5.35. The highest BCUT2D eigenvalue weighted by atomic mass is 16.2. The maximum atomic E-state index is 13.1. The Morgan fingerprint density at radius 3 is 2.96 bits per heavy atom. The van der Waals surface area contributed by atoms with Gasteiger partial charge in [-0.25, -0.2) is 0 Å². The van der Waals surface area contributed by atoms with E-state index in [0.717, 1.165) is 57.3 Å². The molecule has 25 heavy (non-hydrogen) atoms. The van der Waals surface area contributed by atoms with Crippen LogP contribution < -0.4 is 5.32 Å². The number of aryl methyl sites for hydroxylation is 1. The van der Waals surface area contributed by atoms with Crippen molar-refractivity contribution >= 4 is 5.91 Å². The van der Waals surface area contributed by atoms with Crippen LogP contribution in [0.1, 0.15) is 60.2 Å². The lowest BCUT2D eigenvalue weighted by Gasteiger charge is -2.34. The van der Waals surface area contributed by atoms with Crippen molar-refractivity contribution in [2.45, 2.75) is 44.2 Å². The Morgan fingerprint density at radius 1 is 1.28 bits per heavy atom. The molecule has 2 atom stereocenters. The third-order valence-electron chi connectivity index (χ3n) is 5.35. The van der Waals surface area contributed by atoms with E-state index < -0.39 is 0 Å². The number of likely N-dealkylation sites (tertiary alicyclic amines) is 1. The molecule has 2 fully saturated rings. The van der Waals surface area contributed by atoms with Crippen LogP contribution in [0.3, 0.4) is 0 Å². The Hall–Kier alpha value is -2.15. The first-order valence-corrected chi connectivity index (χ1v) is 9.28. The first kappa shape index (κ1) is 16.3. The van der Waals surface area contributed by atoms with Crippen molar-refractivity contribution in [1.82, 2.24) is 29.8 Å². The zero-order valence-corrected chi connectivity index (χ0v) is 14.8. The van der Waals surface area contributed by atoms with Gasteiger partial charge in [0.25, 0.3) is 5.91 Å². The largest absolute Gasteiger partial charge is 0.330 e. The first-order chi connectivity index (χ1) is 12.2. The molecule has 7 nitrogen and oxygen atoms in total. The topological polar surface area (TPSA) is 68.0 Å². The van der Waals surface area contributed by atoms with E-state index in [2.05, 4.69) is 15.5 Å².